The number of aromatic nitrogens is 4. The predicted molar refractivity (Wildman–Crippen MR) is 32.7 cm³/mol. The first-order valence-electron chi connectivity index (χ1n) is 2.89. The summed E-state index contributed by atoms with van der Waals surface area (Å²) in [5.41, 5.74) is 0. The Kier molecular flexibility index (Phi) is 2.30. The van der Waals surface area contributed by atoms with Crippen LogP contribution in [-0.4, -0.2) is 27.2 Å². The minimum Gasteiger partial charge on any atom is -0.304 e. The van der Waals surface area contributed by atoms with E-state index >= 15 is 0 Å². The molecule has 1 atom stereocenters. The Morgan fingerprint density at radius 1 is 1.80 bits per heavy atom. The molecule has 0 radical (unpaired) electrons. The third-order valence-electron chi connectivity index (χ3n) is 1.15. The van der Waals surface area contributed by atoms with Crippen molar-refractivity contribution in [3.63, 3.8) is 0 Å². The van der Waals surface area contributed by atoms with Gasteiger partial charge in [-0.25, -0.2) is 5.90 Å². The minimum absolute atomic E-state index is 0.0868. The van der Waals surface area contributed by atoms with Gasteiger partial charge in [-0.1, -0.05) is 12.1 Å². The standard InChI is InChI=1S/C4H9N5O/c1-3(2-10-5)4-6-8-9-7-4/h3H,2,5H2,1H3,(H,6,7,8,9). The summed E-state index contributed by atoms with van der Waals surface area (Å²) < 4.78 is 0. The number of nitrogens with one attached hydrogen (secondary N) is 1. The molecular weight excluding hydrogens is 134 g/mol. The number of nitrogens with two attached hydrogens (primary N) is 1. The number of hydrogen-bond acceptors (Lipinski definition) is 5. The molecule has 0 spiro atoms. The highest BCUT2D eigenvalue weighted by molar-refractivity contribution is 4.86. The highest BCUT2D eigenvalue weighted by Crippen LogP contribution is 2.05. The van der Waals surface area contributed by atoms with Crippen LogP contribution < -0.4 is 5.90 Å². The monoisotopic (exact) mass is 143 g/mol. The van der Waals surface area contributed by atoms with Crippen molar-refractivity contribution in [1.82, 2.24) is 20.6 Å². The Hall–Kier alpha value is -1.01. The molecule has 0 saturated heterocycles. The number of nitrogens with zero attached hydrogens (tertiary/aromatic N) is 3. The largest absolute Gasteiger partial charge is 0.304 e. The number of hydrogen-bond donors (Lipinski definition) is 2. The zero-order valence-corrected chi connectivity index (χ0v) is 5.61. The maximum atomic E-state index is 4.85. The van der Waals surface area contributed by atoms with E-state index in [0.29, 0.717) is 12.4 Å². The first kappa shape index (κ1) is 7.10. The van der Waals surface area contributed by atoms with Crippen LogP contribution in [-0.2, 0) is 4.84 Å². The first-order valence-corrected chi connectivity index (χ1v) is 2.89. The molecule has 0 amide bonds. The zero-order chi connectivity index (χ0) is 7.40. The molecule has 0 aromatic carbocycles. The van der Waals surface area contributed by atoms with E-state index in [-0.39, 0.29) is 5.92 Å². The quantitative estimate of drug-likeness (QED) is 0.540. The Labute approximate surface area is 57.7 Å². The summed E-state index contributed by atoms with van der Waals surface area (Å²) in [6.07, 6.45) is 0. The molecule has 6 nitrogen and oxygen atoms in total. The fourth-order valence-corrected chi connectivity index (χ4v) is 0.597. The lowest BCUT2D eigenvalue weighted by molar-refractivity contribution is 0.125. The molecule has 10 heavy (non-hydrogen) atoms. The highest BCUT2D eigenvalue weighted by atomic mass is 16.6. The Morgan fingerprint density at radius 3 is 3.10 bits per heavy atom. The summed E-state index contributed by atoms with van der Waals surface area (Å²) in [6.45, 7) is 2.30. The number of aromatic amines is 1. The molecule has 0 aliphatic carbocycles. The van der Waals surface area contributed by atoms with Crippen LogP contribution in [0.15, 0.2) is 0 Å². The predicted octanol–water partition coefficient (Wildman–Crippen LogP) is -0.806. The third-order valence-corrected chi connectivity index (χ3v) is 1.15. The van der Waals surface area contributed by atoms with Crippen molar-refractivity contribution in [2.24, 2.45) is 5.90 Å². The van der Waals surface area contributed by atoms with Crippen molar-refractivity contribution in [2.75, 3.05) is 6.61 Å². The van der Waals surface area contributed by atoms with Gasteiger partial charge in [0.25, 0.3) is 0 Å². The van der Waals surface area contributed by atoms with Gasteiger partial charge >= 0.3 is 0 Å². The van der Waals surface area contributed by atoms with Gasteiger partial charge in [0.05, 0.1) is 6.61 Å². The van der Waals surface area contributed by atoms with E-state index < -0.39 is 0 Å². The number of H-pyrrole nitrogens is 1. The summed E-state index contributed by atoms with van der Waals surface area (Å²) in [4.78, 5) is 4.41. The average molecular weight is 143 g/mol. The van der Waals surface area contributed by atoms with Crippen molar-refractivity contribution < 1.29 is 4.84 Å². The van der Waals surface area contributed by atoms with E-state index in [9.17, 15) is 0 Å². The van der Waals surface area contributed by atoms with Gasteiger partial charge in [0.1, 0.15) is 0 Å². The Morgan fingerprint density at radius 2 is 2.60 bits per heavy atom. The second-order valence-electron chi connectivity index (χ2n) is 2.00. The lowest BCUT2D eigenvalue weighted by Crippen LogP contribution is -2.09. The van der Waals surface area contributed by atoms with Gasteiger partial charge in [0.15, 0.2) is 5.82 Å². The first-order chi connectivity index (χ1) is 4.84. The van der Waals surface area contributed by atoms with Crippen LogP contribution in [0.3, 0.4) is 0 Å². The molecule has 0 fully saturated rings. The van der Waals surface area contributed by atoms with Crippen LogP contribution in [0.5, 0.6) is 0 Å². The van der Waals surface area contributed by atoms with Crippen LogP contribution in [0.25, 0.3) is 0 Å². The van der Waals surface area contributed by atoms with Gasteiger partial charge in [-0.15, -0.1) is 10.2 Å². The summed E-state index contributed by atoms with van der Waals surface area (Å²) in [6, 6.07) is 0. The van der Waals surface area contributed by atoms with Crippen LogP contribution >= 0.6 is 0 Å². The normalized spacial score (nSPS) is 13.4. The van der Waals surface area contributed by atoms with Gasteiger partial charge in [-0.05, 0) is 0 Å². The molecule has 56 valence electrons. The van der Waals surface area contributed by atoms with Gasteiger partial charge in [-0.3, -0.25) is 0 Å². The lowest BCUT2D eigenvalue weighted by atomic mass is 10.2. The maximum Gasteiger partial charge on any atom is 0.179 e. The molecule has 1 unspecified atom stereocenters. The summed E-state index contributed by atoms with van der Waals surface area (Å²) in [5, 5.41) is 13.2. The molecule has 3 N–H and O–H groups in total. The summed E-state index contributed by atoms with van der Waals surface area (Å²) in [7, 11) is 0. The van der Waals surface area contributed by atoms with Crippen LogP contribution in [0.1, 0.15) is 18.7 Å². The van der Waals surface area contributed by atoms with Gasteiger partial charge in [-0.2, -0.15) is 5.21 Å². The fraction of sp³-hybridized carbons (Fsp3) is 0.750. The van der Waals surface area contributed by atoms with Gasteiger partial charge in [0, 0.05) is 5.92 Å². The molecule has 6 heteroatoms. The molecule has 1 heterocycles. The van der Waals surface area contributed by atoms with Crippen molar-refractivity contribution in [2.45, 2.75) is 12.8 Å². The smallest absolute Gasteiger partial charge is 0.179 e. The Bertz CT molecular complexity index is 174. The molecule has 0 saturated carbocycles. The van der Waals surface area contributed by atoms with Crippen LogP contribution in [0, 0.1) is 0 Å². The molecule has 0 bridgehead atoms. The summed E-state index contributed by atoms with van der Waals surface area (Å²) >= 11 is 0. The lowest BCUT2D eigenvalue weighted by Gasteiger charge is -2.01. The second kappa shape index (κ2) is 3.23. The topological polar surface area (TPSA) is 89.7 Å². The molecular formula is C4H9N5O. The highest BCUT2D eigenvalue weighted by Gasteiger charge is 2.08. The van der Waals surface area contributed by atoms with Crippen molar-refractivity contribution in [3.8, 4) is 0 Å². The van der Waals surface area contributed by atoms with E-state index in [4.69, 9.17) is 5.90 Å². The number of tetrazole rings is 1. The molecule has 0 aliphatic heterocycles. The molecule has 0 aliphatic rings. The summed E-state index contributed by atoms with van der Waals surface area (Å²) in [5.74, 6) is 5.55. The van der Waals surface area contributed by atoms with Crippen molar-refractivity contribution in [3.05, 3.63) is 5.82 Å². The van der Waals surface area contributed by atoms with Crippen molar-refractivity contribution >= 4 is 0 Å². The third kappa shape index (κ3) is 1.49. The fourth-order valence-electron chi connectivity index (χ4n) is 0.597. The SMILES string of the molecule is CC(CON)c1nn[nH]n1. The van der Waals surface area contributed by atoms with Gasteiger partial charge < -0.3 is 4.84 Å². The van der Waals surface area contributed by atoms with Crippen LogP contribution in [0.4, 0.5) is 0 Å². The van der Waals surface area contributed by atoms with E-state index in [1.54, 1.807) is 0 Å². The number of rotatable bonds is 3. The molecule has 1 rings (SSSR count). The van der Waals surface area contributed by atoms with E-state index in [1.165, 1.54) is 0 Å². The molecule has 1 aromatic rings. The van der Waals surface area contributed by atoms with Gasteiger partial charge in [0.2, 0.25) is 0 Å². The minimum atomic E-state index is 0.0868. The van der Waals surface area contributed by atoms with E-state index in [2.05, 4.69) is 25.5 Å². The van der Waals surface area contributed by atoms with Crippen LogP contribution in [0.2, 0.25) is 0 Å². The maximum absolute atomic E-state index is 4.85. The second-order valence-corrected chi connectivity index (χ2v) is 2.00. The Balaban J connectivity index is 2.50. The van der Waals surface area contributed by atoms with E-state index in [1.807, 2.05) is 6.92 Å². The van der Waals surface area contributed by atoms with Crippen molar-refractivity contribution in [1.29, 1.82) is 0 Å². The molecule has 1 aromatic heterocycles. The zero-order valence-electron chi connectivity index (χ0n) is 5.61. The average Bonchev–Trinajstić information content (AvgIpc) is 2.38. The van der Waals surface area contributed by atoms with E-state index in [0.717, 1.165) is 0 Å².